The lowest BCUT2D eigenvalue weighted by atomic mass is 10.1. The van der Waals surface area contributed by atoms with Gasteiger partial charge in [0.15, 0.2) is 6.61 Å². The Morgan fingerprint density at radius 1 is 1.00 bits per heavy atom. The number of halogens is 3. The van der Waals surface area contributed by atoms with Gasteiger partial charge in [0, 0.05) is 18.2 Å². The maximum absolute atomic E-state index is 12.5. The summed E-state index contributed by atoms with van der Waals surface area (Å²) in [7, 11) is 0. The van der Waals surface area contributed by atoms with Crippen molar-refractivity contribution in [1.29, 1.82) is 0 Å². The largest absolute Gasteiger partial charge is 0.484 e. The van der Waals surface area contributed by atoms with Crippen LogP contribution in [0.4, 0.5) is 18.9 Å². The van der Waals surface area contributed by atoms with Crippen LogP contribution in [0.2, 0.25) is 0 Å². The molecule has 0 unspecified atom stereocenters. The van der Waals surface area contributed by atoms with Crippen LogP contribution in [-0.4, -0.2) is 18.4 Å². The van der Waals surface area contributed by atoms with Crippen molar-refractivity contribution < 1.29 is 27.5 Å². The number of nitrogens with one attached hydrogen (secondary N) is 2. The summed E-state index contributed by atoms with van der Waals surface area (Å²) in [6.45, 7) is 3.54. The van der Waals surface area contributed by atoms with Gasteiger partial charge in [0.2, 0.25) is 5.91 Å². The van der Waals surface area contributed by atoms with Crippen molar-refractivity contribution in [2.24, 2.45) is 5.92 Å². The Bertz CT molecular complexity index is 801. The third-order valence-electron chi connectivity index (χ3n) is 3.79. The summed E-state index contributed by atoms with van der Waals surface area (Å²) in [5.41, 5.74) is 0.710. The Morgan fingerprint density at radius 2 is 1.61 bits per heavy atom. The Hall–Kier alpha value is -3.03. The Morgan fingerprint density at radius 3 is 2.14 bits per heavy atom. The maximum Gasteiger partial charge on any atom is 0.416 e. The predicted molar refractivity (Wildman–Crippen MR) is 98.7 cm³/mol. The number of carbonyl (C=O) groups excluding carboxylic acids is 2. The van der Waals surface area contributed by atoms with Crippen LogP contribution in [0, 0.1) is 5.92 Å². The molecule has 5 nitrogen and oxygen atoms in total. The van der Waals surface area contributed by atoms with E-state index in [0.29, 0.717) is 5.69 Å². The van der Waals surface area contributed by atoms with Crippen molar-refractivity contribution in [3.05, 3.63) is 59.7 Å². The molecule has 0 heterocycles. The van der Waals surface area contributed by atoms with Crippen LogP contribution in [0.5, 0.6) is 5.75 Å². The molecule has 2 aromatic carbocycles. The summed E-state index contributed by atoms with van der Waals surface area (Å²) in [5, 5.41) is 5.42. The van der Waals surface area contributed by atoms with Gasteiger partial charge in [0.1, 0.15) is 5.75 Å². The second kappa shape index (κ2) is 9.25. The number of carbonyl (C=O) groups is 2. The highest BCUT2D eigenvalue weighted by Crippen LogP contribution is 2.30. The molecule has 0 fully saturated rings. The smallest absolute Gasteiger partial charge is 0.416 e. The van der Waals surface area contributed by atoms with Gasteiger partial charge < -0.3 is 15.4 Å². The highest BCUT2D eigenvalue weighted by molar-refractivity contribution is 5.92. The van der Waals surface area contributed by atoms with E-state index < -0.39 is 17.6 Å². The van der Waals surface area contributed by atoms with Gasteiger partial charge in [-0.2, -0.15) is 13.2 Å². The summed E-state index contributed by atoms with van der Waals surface area (Å²) < 4.78 is 42.7. The molecular formula is C20H21F3N2O3. The lowest BCUT2D eigenvalue weighted by molar-refractivity contribution is -0.137. The summed E-state index contributed by atoms with van der Waals surface area (Å²) in [4.78, 5) is 23.5. The second-order valence-corrected chi connectivity index (χ2v) is 6.43. The molecule has 0 atom stereocenters. The monoisotopic (exact) mass is 394 g/mol. The van der Waals surface area contributed by atoms with Crippen LogP contribution in [0.25, 0.3) is 0 Å². The van der Waals surface area contributed by atoms with Crippen LogP contribution in [0.3, 0.4) is 0 Å². The number of amides is 2. The molecule has 0 aliphatic rings. The van der Waals surface area contributed by atoms with Crippen molar-refractivity contribution in [3.8, 4) is 5.75 Å². The molecule has 2 aromatic rings. The van der Waals surface area contributed by atoms with Gasteiger partial charge in [-0.05, 0) is 42.0 Å². The molecule has 150 valence electrons. The van der Waals surface area contributed by atoms with Gasteiger partial charge in [-0.1, -0.05) is 26.0 Å². The van der Waals surface area contributed by atoms with Crippen molar-refractivity contribution >= 4 is 17.5 Å². The quantitative estimate of drug-likeness (QED) is 0.746. The number of alkyl halides is 3. The van der Waals surface area contributed by atoms with E-state index in [1.165, 1.54) is 12.1 Å². The minimum atomic E-state index is -4.41. The molecule has 0 aliphatic heterocycles. The van der Waals surface area contributed by atoms with Crippen molar-refractivity contribution in [2.45, 2.75) is 26.6 Å². The van der Waals surface area contributed by atoms with Gasteiger partial charge in [0.25, 0.3) is 5.91 Å². The highest BCUT2D eigenvalue weighted by Gasteiger charge is 2.30. The number of ether oxygens (including phenoxy) is 1. The molecule has 0 bridgehead atoms. The van der Waals surface area contributed by atoms with Crippen LogP contribution >= 0.6 is 0 Å². The van der Waals surface area contributed by atoms with Gasteiger partial charge >= 0.3 is 6.18 Å². The fraction of sp³-hybridized carbons (Fsp3) is 0.300. The van der Waals surface area contributed by atoms with Gasteiger partial charge in [-0.15, -0.1) is 0 Å². The van der Waals surface area contributed by atoms with E-state index in [1.54, 1.807) is 38.1 Å². The first-order chi connectivity index (χ1) is 13.1. The Labute approximate surface area is 160 Å². The Balaban J connectivity index is 1.77. The summed E-state index contributed by atoms with van der Waals surface area (Å²) >= 11 is 0. The van der Waals surface area contributed by atoms with Crippen molar-refractivity contribution in [3.63, 3.8) is 0 Å². The summed E-state index contributed by atoms with van der Waals surface area (Å²) in [6, 6.07) is 11.1. The average molecular weight is 394 g/mol. The van der Waals surface area contributed by atoms with Crippen LogP contribution < -0.4 is 15.4 Å². The SMILES string of the molecule is CC(C)C(=O)Nc1ccc(CNC(=O)COc2ccc(C(F)(F)F)cc2)cc1. The first-order valence-electron chi connectivity index (χ1n) is 8.61. The number of anilines is 1. The van der Waals surface area contributed by atoms with E-state index in [4.69, 9.17) is 4.74 Å². The third kappa shape index (κ3) is 6.61. The van der Waals surface area contributed by atoms with Crippen LogP contribution in [0.1, 0.15) is 25.0 Å². The Kier molecular flexibility index (Phi) is 7.03. The fourth-order valence-corrected chi connectivity index (χ4v) is 2.13. The number of benzene rings is 2. The highest BCUT2D eigenvalue weighted by atomic mass is 19.4. The topological polar surface area (TPSA) is 67.4 Å². The molecule has 0 saturated heterocycles. The molecule has 28 heavy (non-hydrogen) atoms. The van der Waals surface area contributed by atoms with Crippen molar-refractivity contribution in [2.75, 3.05) is 11.9 Å². The second-order valence-electron chi connectivity index (χ2n) is 6.43. The van der Waals surface area contributed by atoms with E-state index in [9.17, 15) is 22.8 Å². The molecule has 2 rings (SSSR count). The van der Waals surface area contributed by atoms with E-state index >= 15 is 0 Å². The molecule has 0 spiro atoms. The van der Waals surface area contributed by atoms with Crippen molar-refractivity contribution in [1.82, 2.24) is 5.32 Å². The number of hydrogen-bond donors (Lipinski definition) is 2. The molecule has 2 amide bonds. The average Bonchev–Trinajstić information content (AvgIpc) is 2.65. The summed E-state index contributed by atoms with van der Waals surface area (Å²) in [5.74, 6) is -0.435. The fourth-order valence-electron chi connectivity index (χ4n) is 2.13. The van der Waals surface area contributed by atoms with Gasteiger partial charge in [-0.3, -0.25) is 9.59 Å². The summed E-state index contributed by atoms with van der Waals surface area (Å²) in [6.07, 6.45) is -4.41. The van der Waals surface area contributed by atoms with E-state index in [1.807, 2.05) is 0 Å². The number of rotatable bonds is 7. The van der Waals surface area contributed by atoms with Gasteiger partial charge in [0.05, 0.1) is 5.56 Å². The predicted octanol–water partition coefficient (Wildman–Crippen LogP) is 4.00. The lowest BCUT2D eigenvalue weighted by Gasteiger charge is -2.10. The first-order valence-corrected chi connectivity index (χ1v) is 8.61. The molecule has 0 radical (unpaired) electrons. The lowest BCUT2D eigenvalue weighted by Crippen LogP contribution is -2.28. The molecule has 8 heteroatoms. The maximum atomic E-state index is 12.5. The zero-order chi connectivity index (χ0) is 20.7. The standard InChI is InChI=1S/C20H21F3N2O3/c1-13(2)19(27)25-16-7-3-14(4-8-16)11-24-18(26)12-28-17-9-5-15(6-10-17)20(21,22)23/h3-10,13H,11-12H2,1-2H3,(H,24,26)(H,25,27). The van der Waals surface area contributed by atoms with E-state index in [2.05, 4.69) is 10.6 Å². The number of hydrogen-bond acceptors (Lipinski definition) is 3. The molecular weight excluding hydrogens is 373 g/mol. The zero-order valence-electron chi connectivity index (χ0n) is 15.5. The molecule has 2 N–H and O–H groups in total. The molecule has 0 saturated carbocycles. The first kappa shape index (κ1) is 21.3. The van der Waals surface area contributed by atoms with Gasteiger partial charge in [-0.25, -0.2) is 0 Å². The normalized spacial score (nSPS) is 11.2. The molecule has 0 aliphatic carbocycles. The molecule has 0 aromatic heterocycles. The van der Waals surface area contributed by atoms with E-state index in [-0.39, 0.29) is 30.7 Å². The zero-order valence-corrected chi connectivity index (χ0v) is 15.5. The minimum Gasteiger partial charge on any atom is -0.484 e. The third-order valence-corrected chi connectivity index (χ3v) is 3.79. The van der Waals surface area contributed by atoms with Crippen LogP contribution in [0.15, 0.2) is 48.5 Å². The van der Waals surface area contributed by atoms with E-state index in [0.717, 1.165) is 17.7 Å². The minimum absolute atomic E-state index is 0.0820. The van der Waals surface area contributed by atoms with Crippen LogP contribution in [-0.2, 0) is 22.3 Å².